The van der Waals surface area contributed by atoms with E-state index in [0.29, 0.717) is 0 Å². The molecule has 0 rings (SSSR count). The maximum absolute atomic E-state index is 6.13. The fourth-order valence-corrected chi connectivity index (χ4v) is 2.84. The molecule has 0 atom stereocenters. The number of ether oxygens (including phenoxy) is 1. The first-order chi connectivity index (χ1) is 11.3. The number of hydrogen-bond donors (Lipinski definition) is 0. The highest BCUT2D eigenvalue weighted by atomic mass is 16.5. The molecule has 0 aliphatic carbocycles. The molecule has 0 saturated carbocycles. The summed E-state index contributed by atoms with van der Waals surface area (Å²) < 4.78 is 6.13. The summed E-state index contributed by atoms with van der Waals surface area (Å²) in [5, 5.41) is 0. The van der Waals surface area contributed by atoms with E-state index < -0.39 is 0 Å². The van der Waals surface area contributed by atoms with Crippen molar-refractivity contribution in [3.63, 3.8) is 0 Å². The zero-order valence-corrected chi connectivity index (χ0v) is 16.5. The van der Waals surface area contributed by atoms with Crippen molar-refractivity contribution in [2.75, 3.05) is 0 Å². The molecule has 0 N–H and O–H groups in total. The molecule has 0 aliphatic rings. The van der Waals surface area contributed by atoms with Gasteiger partial charge in [0.2, 0.25) is 0 Å². The molecule has 136 valence electrons. The number of allylic oxidation sites excluding steroid dienone is 4. The van der Waals surface area contributed by atoms with Gasteiger partial charge in [0.05, 0.1) is 11.5 Å². The minimum Gasteiger partial charge on any atom is -0.467 e. The van der Waals surface area contributed by atoms with Crippen LogP contribution >= 0.6 is 0 Å². The van der Waals surface area contributed by atoms with E-state index in [1.54, 1.807) is 0 Å². The predicted octanol–water partition coefficient (Wildman–Crippen LogP) is 8.31. The van der Waals surface area contributed by atoms with Gasteiger partial charge in [-0.15, -0.1) is 0 Å². The van der Waals surface area contributed by atoms with Crippen LogP contribution < -0.4 is 0 Å². The van der Waals surface area contributed by atoms with Gasteiger partial charge >= 0.3 is 0 Å². The van der Waals surface area contributed by atoms with Crippen molar-refractivity contribution in [1.82, 2.24) is 0 Å². The van der Waals surface area contributed by atoms with Crippen LogP contribution in [0.4, 0.5) is 0 Å². The zero-order chi connectivity index (χ0) is 17.2. The van der Waals surface area contributed by atoms with Crippen LogP contribution in [0, 0.1) is 0 Å². The lowest BCUT2D eigenvalue weighted by Crippen LogP contribution is -1.95. The summed E-state index contributed by atoms with van der Waals surface area (Å²) in [5.41, 5.74) is 0. The highest BCUT2D eigenvalue weighted by molar-refractivity contribution is 5.00. The highest BCUT2D eigenvalue weighted by Crippen LogP contribution is 2.20. The third kappa shape index (κ3) is 14.6. The monoisotopic (exact) mass is 322 g/mol. The average molecular weight is 323 g/mol. The first-order valence-electron chi connectivity index (χ1n) is 10.3. The lowest BCUT2D eigenvalue weighted by atomic mass is 10.1. The molecule has 1 nitrogen and oxygen atoms in total. The van der Waals surface area contributed by atoms with Crippen LogP contribution in [0.3, 0.4) is 0 Å². The van der Waals surface area contributed by atoms with Gasteiger partial charge in [0.25, 0.3) is 0 Å². The van der Waals surface area contributed by atoms with E-state index in [1.165, 1.54) is 88.6 Å². The Morgan fingerprint density at radius 2 is 0.913 bits per heavy atom. The quantitative estimate of drug-likeness (QED) is 0.205. The Bertz CT molecular complexity index is 271. The van der Waals surface area contributed by atoms with Crippen molar-refractivity contribution in [2.45, 2.75) is 118 Å². The summed E-state index contributed by atoms with van der Waals surface area (Å²) >= 11 is 0. The van der Waals surface area contributed by atoms with Crippen LogP contribution in [0.25, 0.3) is 0 Å². The average Bonchev–Trinajstić information content (AvgIpc) is 2.58. The van der Waals surface area contributed by atoms with Crippen LogP contribution in [0.1, 0.15) is 118 Å². The van der Waals surface area contributed by atoms with Crippen LogP contribution in [0.2, 0.25) is 0 Å². The van der Waals surface area contributed by atoms with Gasteiger partial charge in [0.15, 0.2) is 0 Å². The largest absolute Gasteiger partial charge is 0.467 e. The zero-order valence-electron chi connectivity index (χ0n) is 16.5. The Kier molecular flexibility index (Phi) is 17.1. The SMILES string of the molecule is C/C=C(/CCCCCCCC)O/C(=C\C)CCCCCCCC. The van der Waals surface area contributed by atoms with Crippen molar-refractivity contribution in [2.24, 2.45) is 0 Å². The maximum Gasteiger partial charge on any atom is 0.0993 e. The molecule has 0 unspecified atom stereocenters. The van der Waals surface area contributed by atoms with E-state index in [2.05, 4.69) is 39.8 Å². The van der Waals surface area contributed by atoms with Gasteiger partial charge in [-0.1, -0.05) is 78.1 Å². The summed E-state index contributed by atoms with van der Waals surface area (Å²) in [6.45, 7) is 8.75. The summed E-state index contributed by atoms with van der Waals surface area (Å²) in [7, 11) is 0. The van der Waals surface area contributed by atoms with Gasteiger partial charge in [0.1, 0.15) is 0 Å². The first kappa shape index (κ1) is 22.3. The lowest BCUT2D eigenvalue weighted by Gasteiger charge is -2.13. The number of unbranched alkanes of at least 4 members (excludes halogenated alkanes) is 10. The fraction of sp³-hybridized carbons (Fsp3) is 0.818. The van der Waals surface area contributed by atoms with E-state index >= 15 is 0 Å². The van der Waals surface area contributed by atoms with Crippen molar-refractivity contribution < 1.29 is 4.74 Å². The van der Waals surface area contributed by atoms with E-state index in [-0.39, 0.29) is 0 Å². The second-order valence-electron chi connectivity index (χ2n) is 6.65. The Labute approximate surface area is 146 Å². The third-order valence-electron chi connectivity index (χ3n) is 4.46. The topological polar surface area (TPSA) is 9.23 Å². The molecule has 0 spiro atoms. The van der Waals surface area contributed by atoms with Crippen LogP contribution in [0.15, 0.2) is 23.7 Å². The second kappa shape index (κ2) is 17.6. The first-order valence-corrected chi connectivity index (χ1v) is 10.3. The molecule has 0 aromatic heterocycles. The molecule has 0 heterocycles. The summed E-state index contributed by atoms with van der Waals surface area (Å²) in [6, 6.07) is 0. The smallest absolute Gasteiger partial charge is 0.0993 e. The van der Waals surface area contributed by atoms with Crippen LogP contribution in [0.5, 0.6) is 0 Å². The van der Waals surface area contributed by atoms with Gasteiger partial charge in [-0.25, -0.2) is 0 Å². The molecule has 23 heavy (non-hydrogen) atoms. The highest BCUT2D eigenvalue weighted by Gasteiger charge is 2.03. The minimum absolute atomic E-state index is 1.09. The van der Waals surface area contributed by atoms with E-state index in [4.69, 9.17) is 4.74 Å². The van der Waals surface area contributed by atoms with Gasteiger partial charge in [0, 0.05) is 12.8 Å². The maximum atomic E-state index is 6.13. The van der Waals surface area contributed by atoms with Gasteiger partial charge < -0.3 is 4.74 Å². The lowest BCUT2D eigenvalue weighted by molar-refractivity contribution is 0.269. The van der Waals surface area contributed by atoms with Crippen molar-refractivity contribution in [1.29, 1.82) is 0 Å². The standard InChI is InChI=1S/C22H42O/c1-5-9-11-13-15-17-19-21(7-3)23-22(8-4)20-18-16-14-12-10-6-2/h7-8H,5-6,9-20H2,1-4H3/b21-7-,22-8-. The molecule has 0 bridgehead atoms. The Balaban J connectivity index is 3.80. The van der Waals surface area contributed by atoms with Crippen LogP contribution in [-0.2, 0) is 4.74 Å². The minimum atomic E-state index is 1.09. The molecule has 0 aliphatic heterocycles. The van der Waals surface area contributed by atoms with Gasteiger partial charge in [-0.2, -0.15) is 0 Å². The Morgan fingerprint density at radius 1 is 0.565 bits per heavy atom. The van der Waals surface area contributed by atoms with Gasteiger partial charge in [-0.05, 0) is 38.8 Å². The summed E-state index contributed by atoms with van der Waals surface area (Å²) in [5.74, 6) is 2.33. The summed E-state index contributed by atoms with van der Waals surface area (Å²) in [6.07, 6.45) is 22.6. The van der Waals surface area contributed by atoms with E-state index in [1.807, 2.05) is 0 Å². The molecular weight excluding hydrogens is 280 g/mol. The molecule has 1 heteroatoms. The summed E-state index contributed by atoms with van der Waals surface area (Å²) in [4.78, 5) is 0. The fourth-order valence-electron chi connectivity index (χ4n) is 2.84. The van der Waals surface area contributed by atoms with Gasteiger partial charge in [-0.3, -0.25) is 0 Å². The van der Waals surface area contributed by atoms with Crippen molar-refractivity contribution >= 4 is 0 Å². The predicted molar refractivity (Wildman–Crippen MR) is 105 cm³/mol. The van der Waals surface area contributed by atoms with Crippen molar-refractivity contribution in [3.8, 4) is 0 Å². The van der Waals surface area contributed by atoms with Crippen molar-refractivity contribution in [3.05, 3.63) is 23.7 Å². The Morgan fingerprint density at radius 3 is 1.26 bits per heavy atom. The van der Waals surface area contributed by atoms with Crippen LogP contribution in [-0.4, -0.2) is 0 Å². The molecule has 0 amide bonds. The molecule has 0 radical (unpaired) electrons. The molecule has 0 fully saturated rings. The molecule has 0 aromatic rings. The van der Waals surface area contributed by atoms with E-state index in [0.717, 1.165) is 12.8 Å². The molecule has 0 saturated heterocycles. The van der Waals surface area contributed by atoms with E-state index in [9.17, 15) is 0 Å². The second-order valence-corrected chi connectivity index (χ2v) is 6.65. The molecule has 0 aromatic carbocycles. The number of rotatable bonds is 16. The normalized spacial score (nSPS) is 12.7. The third-order valence-corrected chi connectivity index (χ3v) is 4.46. The number of hydrogen-bond acceptors (Lipinski definition) is 1. The molecular formula is C22H42O. The Hall–Kier alpha value is -0.720.